The fourth-order valence-electron chi connectivity index (χ4n) is 0.802. The lowest BCUT2D eigenvalue weighted by Gasteiger charge is -1.98. The molecule has 0 unspecified atom stereocenters. The zero-order valence-electron chi connectivity index (χ0n) is 8.95. The molecule has 0 aliphatic carbocycles. The standard InChI is InChI=1S/C8H6BrN3/c9-7-3-1-4-8(11-7)12-6-2-5-10-12/h1-6H/i2D,5D,6D. The summed E-state index contributed by atoms with van der Waals surface area (Å²) in [5, 5.41) is 3.75. The van der Waals surface area contributed by atoms with Crippen molar-refractivity contribution in [1.29, 1.82) is 0 Å². The van der Waals surface area contributed by atoms with E-state index in [1.807, 2.05) is 0 Å². The van der Waals surface area contributed by atoms with E-state index in [1.54, 1.807) is 18.2 Å². The Kier molecular flexibility index (Phi) is 1.22. The van der Waals surface area contributed by atoms with Crippen molar-refractivity contribution < 1.29 is 4.11 Å². The Labute approximate surface area is 82.4 Å². The fourth-order valence-corrected chi connectivity index (χ4v) is 1.14. The summed E-state index contributed by atoms with van der Waals surface area (Å²) in [4.78, 5) is 4.09. The number of hydrogen-bond donors (Lipinski definition) is 0. The Bertz CT molecular complexity index is 512. The van der Waals surface area contributed by atoms with Crippen molar-refractivity contribution in [2.45, 2.75) is 0 Å². The van der Waals surface area contributed by atoms with Crippen LogP contribution in [0, 0.1) is 0 Å². The maximum Gasteiger partial charge on any atom is 0.154 e. The molecule has 3 nitrogen and oxygen atoms in total. The first-order valence-corrected chi connectivity index (χ1v) is 4.04. The Morgan fingerprint density at radius 2 is 2.42 bits per heavy atom. The van der Waals surface area contributed by atoms with Crippen LogP contribution in [0.2, 0.25) is 0 Å². The lowest BCUT2D eigenvalue weighted by molar-refractivity contribution is 0.843. The Balaban J connectivity index is 2.59. The van der Waals surface area contributed by atoms with Gasteiger partial charge in [0.15, 0.2) is 5.82 Å². The highest BCUT2D eigenvalue weighted by atomic mass is 79.9. The monoisotopic (exact) mass is 226 g/mol. The first-order valence-electron chi connectivity index (χ1n) is 4.75. The lowest BCUT2D eigenvalue weighted by atomic mass is 10.5. The highest BCUT2D eigenvalue weighted by molar-refractivity contribution is 9.10. The molecule has 0 amide bonds. The molecule has 60 valence electrons. The molecule has 0 bridgehead atoms. The lowest BCUT2D eigenvalue weighted by Crippen LogP contribution is -1.96. The molecule has 0 saturated carbocycles. The molecule has 2 rings (SSSR count). The van der Waals surface area contributed by atoms with E-state index < -0.39 is 0 Å². The molecule has 2 aromatic rings. The molecular weight excluding hydrogens is 218 g/mol. The molecule has 0 radical (unpaired) electrons. The summed E-state index contributed by atoms with van der Waals surface area (Å²) >= 11 is 3.20. The molecule has 4 heteroatoms. The number of halogens is 1. The summed E-state index contributed by atoms with van der Waals surface area (Å²) in [6, 6.07) is 4.96. The average Bonchev–Trinajstić information content (AvgIpc) is 2.46. The Morgan fingerprint density at radius 3 is 3.08 bits per heavy atom. The second kappa shape index (κ2) is 3.06. The van der Waals surface area contributed by atoms with Gasteiger partial charge in [0.1, 0.15) is 4.60 Å². The van der Waals surface area contributed by atoms with E-state index in [1.165, 1.54) is 0 Å². The van der Waals surface area contributed by atoms with Gasteiger partial charge in [-0.1, -0.05) is 6.07 Å². The fraction of sp³-hybridized carbons (Fsp3) is 0. The van der Waals surface area contributed by atoms with E-state index in [0.717, 1.165) is 4.68 Å². The van der Waals surface area contributed by atoms with Crippen LogP contribution in [-0.2, 0) is 0 Å². The largest absolute Gasteiger partial charge is 0.223 e. The molecular formula is C8H6BrN3. The van der Waals surface area contributed by atoms with Crippen molar-refractivity contribution in [2.75, 3.05) is 0 Å². The number of pyridine rings is 1. The topological polar surface area (TPSA) is 30.7 Å². The van der Waals surface area contributed by atoms with E-state index >= 15 is 0 Å². The highest BCUT2D eigenvalue weighted by Gasteiger charge is 1.96. The van der Waals surface area contributed by atoms with Gasteiger partial charge in [0, 0.05) is 12.3 Å². The molecule has 0 N–H and O–H groups in total. The quantitative estimate of drug-likeness (QED) is 0.698. The highest BCUT2D eigenvalue weighted by Crippen LogP contribution is 2.08. The second-order valence-corrected chi connectivity index (χ2v) is 2.89. The van der Waals surface area contributed by atoms with Crippen molar-refractivity contribution in [2.24, 2.45) is 0 Å². The third-order valence-corrected chi connectivity index (χ3v) is 1.73. The summed E-state index contributed by atoms with van der Waals surface area (Å²) in [6.07, 6.45) is -0.354. The van der Waals surface area contributed by atoms with Gasteiger partial charge in [-0.15, -0.1) is 0 Å². The summed E-state index contributed by atoms with van der Waals surface area (Å²) in [5.74, 6) is 0.418. The van der Waals surface area contributed by atoms with Gasteiger partial charge in [-0.3, -0.25) is 0 Å². The minimum atomic E-state index is -0.221. The summed E-state index contributed by atoms with van der Waals surface area (Å²) in [7, 11) is 0. The molecule has 0 spiro atoms. The zero-order chi connectivity index (χ0) is 11.0. The molecule has 2 heterocycles. The Hall–Kier alpha value is -1.16. The second-order valence-electron chi connectivity index (χ2n) is 2.08. The molecule has 0 aromatic carbocycles. The first kappa shape index (κ1) is 4.77. The summed E-state index contributed by atoms with van der Waals surface area (Å²) < 4.78 is 24.0. The van der Waals surface area contributed by atoms with Crippen LogP contribution in [0.25, 0.3) is 5.82 Å². The molecule has 0 aliphatic rings. The van der Waals surface area contributed by atoms with Crippen molar-refractivity contribution >= 4 is 15.9 Å². The van der Waals surface area contributed by atoms with Gasteiger partial charge in [0.05, 0.1) is 4.11 Å². The SMILES string of the molecule is [2H]c1nn(-c2cccc(Br)n2)c([2H])c1[2H]. The number of aromatic nitrogens is 3. The van der Waals surface area contributed by atoms with Gasteiger partial charge in [0.25, 0.3) is 0 Å². The van der Waals surface area contributed by atoms with Crippen molar-refractivity contribution in [3.05, 3.63) is 41.2 Å². The van der Waals surface area contributed by atoms with E-state index in [-0.39, 0.29) is 18.4 Å². The average molecular weight is 227 g/mol. The summed E-state index contributed by atoms with van der Waals surface area (Å²) in [6.45, 7) is 0. The van der Waals surface area contributed by atoms with E-state index in [2.05, 4.69) is 26.0 Å². The van der Waals surface area contributed by atoms with Crippen molar-refractivity contribution in [3.8, 4) is 5.82 Å². The molecule has 2 aromatic heterocycles. The van der Waals surface area contributed by atoms with Crippen LogP contribution in [-0.4, -0.2) is 14.8 Å². The van der Waals surface area contributed by atoms with Crippen LogP contribution < -0.4 is 0 Å². The Morgan fingerprint density at radius 1 is 1.50 bits per heavy atom. The molecule has 12 heavy (non-hydrogen) atoms. The summed E-state index contributed by atoms with van der Waals surface area (Å²) in [5.41, 5.74) is 0. The first-order chi connectivity index (χ1) is 7.09. The van der Waals surface area contributed by atoms with Gasteiger partial charge in [0.2, 0.25) is 0 Å². The predicted molar refractivity (Wildman–Crippen MR) is 49.1 cm³/mol. The van der Waals surface area contributed by atoms with Crippen LogP contribution in [0.4, 0.5) is 0 Å². The van der Waals surface area contributed by atoms with E-state index in [0.29, 0.717) is 10.4 Å². The zero-order valence-corrected chi connectivity index (χ0v) is 7.54. The van der Waals surface area contributed by atoms with Crippen LogP contribution in [0.15, 0.2) is 41.2 Å². The smallest absolute Gasteiger partial charge is 0.154 e. The van der Waals surface area contributed by atoms with Gasteiger partial charge >= 0.3 is 0 Å². The predicted octanol–water partition coefficient (Wildman–Crippen LogP) is 2.03. The van der Waals surface area contributed by atoms with Crippen LogP contribution >= 0.6 is 15.9 Å². The maximum absolute atomic E-state index is 7.56. The normalized spacial score (nSPS) is 13.6. The van der Waals surface area contributed by atoms with Crippen LogP contribution in [0.5, 0.6) is 0 Å². The minimum absolute atomic E-state index is 0.134. The van der Waals surface area contributed by atoms with E-state index in [9.17, 15) is 0 Å². The molecule has 0 fully saturated rings. The third-order valence-electron chi connectivity index (χ3n) is 1.29. The molecule has 0 aliphatic heterocycles. The third kappa shape index (κ3) is 1.38. The van der Waals surface area contributed by atoms with Crippen molar-refractivity contribution in [3.63, 3.8) is 0 Å². The minimum Gasteiger partial charge on any atom is -0.223 e. The van der Waals surface area contributed by atoms with Crippen molar-refractivity contribution in [1.82, 2.24) is 14.8 Å². The van der Waals surface area contributed by atoms with Crippen LogP contribution in [0.1, 0.15) is 4.11 Å². The van der Waals surface area contributed by atoms with Gasteiger partial charge in [-0.2, -0.15) is 5.10 Å². The number of hydrogen-bond acceptors (Lipinski definition) is 2. The number of nitrogens with zero attached hydrogens (tertiary/aromatic N) is 3. The van der Waals surface area contributed by atoms with Crippen LogP contribution in [0.3, 0.4) is 0 Å². The van der Waals surface area contributed by atoms with Gasteiger partial charge in [-0.05, 0) is 34.1 Å². The van der Waals surface area contributed by atoms with Gasteiger partial charge < -0.3 is 0 Å². The van der Waals surface area contributed by atoms with Gasteiger partial charge in [-0.25, -0.2) is 9.67 Å². The molecule has 0 saturated heterocycles. The van der Waals surface area contributed by atoms with E-state index in [4.69, 9.17) is 4.11 Å². The number of rotatable bonds is 1. The maximum atomic E-state index is 7.56. The molecule has 0 atom stereocenters.